The van der Waals surface area contributed by atoms with Crippen LogP contribution in [-0.2, 0) is 10.0 Å². The molecule has 2 N–H and O–H groups in total. The highest BCUT2D eigenvalue weighted by molar-refractivity contribution is 7.92. The van der Waals surface area contributed by atoms with Crippen LogP contribution in [0.25, 0.3) is 11.0 Å². The van der Waals surface area contributed by atoms with Gasteiger partial charge in [0.2, 0.25) is 0 Å². The van der Waals surface area contributed by atoms with Crippen LogP contribution in [0.2, 0.25) is 5.02 Å². The monoisotopic (exact) mass is 462 g/mol. The van der Waals surface area contributed by atoms with Gasteiger partial charge in [-0.25, -0.2) is 12.8 Å². The summed E-state index contributed by atoms with van der Waals surface area (Å²) in [6, 6.07) is 14.3. The minimum atomic E-state index is -4.02. The molecule has 152 valence electrons. The number of anilines is 2. The van der Waals surface area contributed by atoms with Gasteiger partial charge in [-0.05, 0) is 48.5 Å². The van der Waals surface area contributed by atoms with Gasteiger partial charge >= 0.3 is 0 Å². The Labute approximate surface area is 179 Å². The molecule has 0 aliphatic carbocycles. The number of fused-ring (bicyclic) bond motifs is 1. The lowest BCUT2D eigenvalue weighted by Crippen LogP contribution is -2.15. The summed E-state index contributed by atoms with van der Waals surface area (Å²) in [5.74, 6) is -1.17. The van der Waals surface area contributed by atoms with E-state index in [1.165, 1.54) is 18.2 Å². The largest absolute Gasteiger partial charge is 0.320 e. The fourth-order valence-corrected chi connectivity index (χ4v) is 4.55. The molecule has 0 fully saturated rings. The molecule has 4 rings (SSSR count). The van der Waals surface area contributed by atoms with Crippen LogP contribution in [0.5, 0.6) is 0 Å². The van der Waals surface area contributed by atoms with Gasteiger partial charge in [-0.3, -0.25) is 9.52 Å². The van der Waals surface area contributed by atoms with Crippen molar-refractivity contribution < 1.29 is 17.6 Å². The first-order valence-corrected chi connectivity index (χ1v) is 11.0. The van der Waals surface area contributed by atoms with Gasteiger partial charge in [0, 0.05) is 11.3 Å². The van der Waals surface area contributed by atoms with Crippen molar-refractivity contribution in [3.63, 3.8) is 0 Å². The van der Waals surface area contributed by atoms with Gasteiger partial charge in [0.05, 0.1) is 27.3 Å². The molecule has 0 aliphatic heterocycles. The van der Waals surface area contributed by atoms with E-state index in [9.17, 15) is 17.6 Å². The number of carbonyl (C=O) groups excluding carboxylic acids is 1. The third kappa shape index (κ3) is 4.11. The predicted molar refractivity (Wildman–Crippen MR) is 114 cm³/mol. The number of benzene rings is 3. The normalized spacial score (nSPS) is 11.4. The molecule has 7 nitrogen and oxygen atoms in total. The fraction of sp³-hybridized carbons (Fsp3) is 0. The summed E-state index contributed by atoms with van der Waals surface area (Å²) in [5, 5.41) is 2.44. The molecule has 0 spiro atoms. The predicted octanol–water partition coefficient (Wildman–Crippen LogP) is 4.54. The van der Waals surface area contributed by atoms with Gasteiger partial charge in [-0.1, -0.05) is 23.7 Å². The quantitative estimate of drug-likeness (QED) is 0.453. The number of amides is 1. The van der Waals surface area contributed by atoms with E-state index in [4.69, 9.17) is 11.6 Å². The summed E-state index contributed by atoms with van der Waals surface area (Å²) in [4.78, 5) is 12.5. The highest BCUT2D eigenvalue weighted by Gasteiger charge is 2.17. The average Bonchev–Trinajstić information content (AvgIpc) is 3.20. The highest BCUT2D eigenvalue weighted by Crippen LogP contribution is 2.24. The van der Waals surface area contributed by atoms with Crippen molar-refractivity contribution in [2.45, 2.75) is 4.90 Å². The molecule has 3 aromatic carbocycles. The van der Waals surface area contributed by atoms with Crippen LogP contribution >= 0.6 is 23.3 Å². The van der Waals surface area contributed by atoms with Gasteiger partial charge < -0.3 is 5.32 Å². The SMILES string of the molecule is O=C(Nc1cccc2nsnc12)c1cccc(NS(=O)(=O)c2ccc(F)c(Cl)c2)c1. The molecule has 0 saturated heterocycles. The molecular weight excluding hydrogens is 451 g/mol. The molecule has 0 saturated carbocycles. The van der Waals surface area contributed by atoms with E-state index in [0.29, 0.717) is 16.7 Å². The Balaban J connectivity index is 1.57. The maximum atomic E-state index is 13.3. The Bertz CT molecular complexity index is 1380. The third-order valence-corrected chi connectivity index (χ3v) is 6.32. The van der Waals surface area contributed by atoms with E-state index < -0.39 is 21.7 Å². The topological polar surface area (TPSA) is 101 Å². The summed E-state index contributed by atoms with van der Waals surface area (Å²) in [7, 11) is -4.02. The van der Waals surface area contributed by atoms with E-state index in [2.05, 4.69) is 18.8 Å². The van der Waals surface area contributed by atoms with Crippen LogP contribution in [0.1, 0.15) is 10.4 Å². The minimum Gasteiger partial charge on any atom is -0.320 e. The number of sulfonamides is 1. The van der Waals surface area contributed by atoms with Gasteiger partial charge in [-0.15, -0.1) is 0 Å². The van der Waals surface area contributed by atoms with Crippen molar-refractivity contribution in [2.24, 2.45) is 0 Å². The van der Waals surface area contributed by atoms with Crippen LogP contribution in [0.3, 0.4) is 0 Å². The standard InChI is InChI=1S/C19H12ClFN4O3S2/c20-14-10-13(7-8-15(14)21)30(27,28)25-12-4-1-3-11(9-12)19(26)22-16-5-2-6-17-18(16)24-29-23-17/h1-10,25H,(H,22,26). The number of rotatable bonds is 5. The number of aromatic nitrogens is 2. The lowest BCUT2D eigenvalue weighted by atomic mass is 10.2. The Kier molecular flexibility index (Phi) is 5.37. The van der Waals surface area contributed by atoms with Crippen molar-refractivity contribution in [1.82, 2.24) is 8.75 Å². The molecular formula is C19H12ClFN4O3S2. The Morgan fingerprint density at radius 2 is 1.83 bits per heavy atom. The zero-order valence-electron chi connectivity index (χ0n) is 15.0. The Morgan fingerprint density at radius 3 is 2.63 bits per heavy atom. The first kappa shape index (κ1) is 20.2. The van der Waals surface area contributed by atoms with Gasteiger partial charge in [0.1, 0.15) is 16.9 Å². The molecule has 4 aromatic rings. The molecule has 0 bridgehead atoms. The maximum Gasteiger partial charge on any atom is 0.261 e. The zero-order chi connectivity index (χ0) is 21.3. The smallest absolute Gasteiger partial charge is 0.261 e. The summed E-state index contributed by atoms with van der Waals surface area (Å²) in [5.41, 5.74) is 2.13. The van der Waals surface area contributed by atoms with E-state index in [0.717, 1.165) is 29.9 Å². The second-order valence-corrected chi connectivity index (χ2v) is 8.77. The van der Waals surface area contributed by atoms with Crippen LogP contribution in [0.15, 0.2) is 65.6 Å². The summed E-state index contributed by atoms with van der Waals surface area (Å²) in [6.45, 7) is 0. The summed E-state index contributed by atoms with van der Waals surface area (Å²) in [6.07, 6.45) is 0. The van der Waals surface area contributed by atoms with Crippen molar-refractivity contribution in [3.05, 3.63) is 77.1 Å². The van der Waals surface area contributed by atoms with Crippen molar-refractivity contribution in [2.75, 3.05) is 10.0 Å². The fourth-order valence-electron chi connectivity index (χ4n) is 2.68. The van der Waals surface area contributed by atoms with Crippen molar-refractivity contribution in [3.8, 4) is 0 Å². The number of nitrogens with one attached hydrogen (secondary N) is 2. The minimum absolute atomic E-state index is 0.164. The van der Waals surface area contributed by atoms with E-state index >= 15 is 0 Å². The molecule has 0 unspecified atom stereocenters. The van der Waals surface area contributed by atoms with Gasteiger partial charge in [0.25, 0.3) is 15.9 Å². The first-order valence-electron chi connectivity index (χ1n) is 8.44. The lowest BCUT2D eigenvalue weighted by molar-refractivity contribution is 0.102. The molecule has 1 amide bonds. The second-order valence-electron chi connectivity index (χ2n) is 6.15. The second kappa shape index (κ2) is 7.98. The van der Waals surface area contributed by atoms with E-state index in [-0.39, 0.29) is 21.2 Å². The van der Waals surface area contributed by atoms with Crippen LogP contribution < -0.4 is 10.0 Å². The first-order chi connectivity index (χ1) is 14.3. The van der Waals surface area contributed by atoms with E-state index in [1.807, 2.05) is 0 Å². The molecule has 0 radical (unpaired) electrons. The zero-order valence-corrected chi connectivity index (χ0v) is 17.4. The number of nitrogens with zero attached hydrogens (tertiary/aromatic N) is 2. The molecule has 1 heterocycles. The maximum absolute atomic E-state index is 13.3. The highest BCUT2D eigenvalue weighted by atomic mass is 35.5. The summed E-state index contributed by atoms with van der Waals surface area (Å²) < 4.78 is 49.1. The summed E-state index contributed by atoms with van der Waals surface area (Å²) >= 11 is 6.71. The molecule has 0 aliphatic rings. The molecule has 1 aromatic heterocycles. The van der Waals surface area contributed by atoms with Crippen LogP contribution in [-0.4, -0.2) is 23.1 Å². The van der Waals surface area contributed by atoms with Crippen molar-refractivity contribution >= 4 is 61.7 Å². The third-order valence-electron chi connectivity index (χ3n) is 4.11. The molecule has 30 heavy (non-hydrogen) atoms. The Hall–Kier alpha value is -3.08. The van der Waals surface area contributed by atoms with Crippen LogP contribution in [0, 0.1) is 5.82 Å². The Morgan fingerprint density at radius 1 is 1.03 bits per heavy atom. The number of halogens is 2. The van der Waals surface area contributed by atoms with Crippen LogP contribution in [0.4, 0.5) is 15.8 Å². The molecule has 0 atom stereocenters. The van der Waals surface area contributed by atoms with E-state index in [1.54, 1.807) is 24.3 Å². The lowest BCUT2D eigenvalue weighted by Gasteiger charge is -2.10. The van der Waals surface area contributed by atoms with Crippen molar-refractivity contribution in [1.29, 1.82) is 0 Å². The van der Waals surface area contributed by atoms with Gasteiger partial charge in [0.15, 0.2) is 0 Å². The van der Waals surface area contributed by atoms with Gasteiger partial charge in [-0.2, -0.15) is 8.75 Å². The number of carbonyl (C=O) groups is 1. The average molecular weight is 463 g/mol. The molecule has 11 heteroatoms. The number of hydrogen-bond donors (Lipinski definition) is 2. The number of hydrogen-bond acceptors (Lipinski definition) is 6.